The quantitative estimate of drug-likeness (QED) is 0.552. The fraction of sp³-hybridized carbons (Fsp3) is 0.250. The number of imidazole rings is 1. The Morgan fingerprint density at radius 1 is 1.00 bits per heavy atom. The minimum atomic E-state index is 0.675. The van der Waals surface area contributed by atoms with Gasteiger partial charge in [0.05, 0.1) is 11.9 Å². The van der Waals surface area contributed by atoms with Crippen molar-refractivity contribution in [3.05, 3.63) is 65.8 Å². The summed E-state index contributed by atoms with van der Waals surface area (Å²) in [6, 6.07) is 18.4. The fourth-order valence-electron chi connectivity index (χ4n) is 3.25. The lowest BCUT2D eigenvalue weighted by Crippen LogP contribution is -2.02. The average Bonchev–Trinajstić information content (AvgIpc) is 3.26. The first-order chi connectivity index (χ1) is 11.8. The van der Waals surface area contributed by atoms with Crippen LogP contribution >= 0.6 is 23.4 Å². The van der Waals surface area contributed by atoms with Crippen LogP contribution in [0.25, 0.3) is 16.9 Å². The average molecular weight is 355 g/mol. The van der Waals surface area contributed by atoms with Gasteiger partial charge >= 0.3 is 0 Å². The van der Waals surface area contributed by atoms with E-state index in [1.54, 1.807) is 0 Å². The van der Waals surface area contributed by atoms with Gasteiger partial charge in [-0.3, -0.25) is 4.57 Å². The Kier molecular flexibility index (Phi) is 4.63. The molecule has 24 heavy (non-hydrogen) atoms. The number of hydrogen-bond acceptors (Lipinski definition) is 2. The molecule has 0 saturated heterocycles. The van der Waals surface area contributed by atoms with E-state index in [1.807, 2.05) is 42.2 Å². The second-order valence-corrected chi connectivity index (χ2v) is 7.84. The maximum atomic E-state index is 6.24. The third-order valence-corrected chi connectivity index (χ3v) is 5.98. The van der Waals surface area contributed by atoms with Gasteiger partial charge < -0.3 is 0 Å². The van der Waals surface area contributed by atoms with Crippen LogP contribution in [0.1, 0.15) is 25.7 Å². The van der Waals surface area contributed by atoms with E-state index < -0.39 is 0 Å². The molecule has 2 nitrogen and oxygen atoms in total. The molecule has 2 aromatic carbocycles. The molecule has 4 rings (SSSR count). The molecule has 3 aromatic rings. The molecule has 0 unspecified atom stereocenters. The smallest absolute Gasteiger partial charge is 0.173 e. The van der Waals surface area contributed by atoms with E-state index in [0.29, 0.717) is 5.25 Å². The van der Waals surface area contributed by atoms with Crippen LogP contribution in [0, 0.1) is 0 Å². The molecule has 0 atom stereocenters. The van der Waals surface area contributed by atoms with Crippen LogP contribution in [0.2, 0.25) is 5.02 Å². The van der Waals surface area contributed by atoms with Gasteiger partial charge in [0, 0.05) is 21.5 Å². The fourth-order valence-corrected chi connectivity index (χ4v) is 4.73. The van der Waals surface area contributed by atoms with Crippen molar-refractivity contribution in [3.8, 4) is 16.9 Å². The maximum Gasteiger partial charge on any atom is 0.173 e. The molecule has 1 aromatic heterocycles. The van der Waals surface area contributed by atoms with Gasteiger partial charge in [-0.1, -0.05) is 72.6 Å². The number of thioether (sulfide) groups is 1. The molecule has 1 aliphatic carbocycles. The van der Waals surface area contributed by atoms with Crippen LogP contribution in [0.15, 0.2) is 66.0 Å². The molecule has 0 radical (unpaired) electrons. The van der Waals surface area contributed by atoms with E-state index in [4.69, 9.17) is 16.6 Å². The predicted octanol–water partition coefficient (Wildman–Crippen LogP) is 6.23. The molecule has 0 bridgehead atoms. The van der Waals surface area contributed by atoms with Crippen molar-refractivity contribution >= 4 is 23.4 Å². The van der Waals surface area contributed by atoms with Gasteiger partial charge in [-0.25, -0.2) is 4.98 Å². The predicted molar refractivity (Wildman–Crippen MR) is 102 cm³/mol. The molecular weight excluding hydrogens is 336 g/mol. The van der Waals surface area contributed by atoms with Crippen LogP contribution in [0.5, 0.6) is 0 Å². The van der Waals surface area contributed by atoms with Gasteiger partial charge in [0.25, 0.3) is 0 Å². The normalized spacial score (nSPS) is 15.0. The maximum absolute atomic E-state index is 6.24. The highest BCUT2D eigenvalue weighted by Crippen LogP contribution is 2.37. The molecule has 1 aliphatic rings. The first kappa shape index (κ1) is 15.8. The largest absolute Gasteiger partial charge is 0.287 e. The lowest BCUT2D eigenvalue weighted by atomic mass is 10.1. The van der Waals surface area contributed by atoms with E-state index in [1.165, 1.54) is 31.2 Å². The van der Waals surface area contributed by atoms with Crippen LogP contribution in [0.4, 0.5) is 0 Å². The van der Waals surface area contributed by atoms with Gasteiger partial charge in [-0.15, -0.1) is 0 Å². The number of hydrogen-bond donors (Lipinski definition) is 0. The summed E-state index contributed by atoms with van der Waals surface area (Å²) in [5.74, 6) is 0. The minimum Gasteiger partial charge on any atom is -0.287 e. The zero-order valence-corrected chi connectivity index (χ0v) is 14.9. The van der Waals surface area contributed by atoms with E-state index in [9.17, 15) is 0 Å². The Bertz CT molecular complexity index is 823. The van der Waals surface area contributed by atoms with Crippen molar-refractivity contribution in [2.75, 3.05) is 0 Å². The van der Waals surface area contributed by atoms with Gasteiger partial charge in [0.15, 0.2) is 5.16 Å². The summed E-state index contributed by atoms with van der Waals surface area (Å²) in [4.78, 5) is 4.74. The number of nitrogens with zero attached hydrogens (tertiary/aromatic N) is 2. The van der Waals surface area contributed by atoms with Gasteiger partial charge in [-0.05, 0) is 31.0 Å². The molecule has 122 valence electrons. The Hall–Kier alpha value is -1.71. The summed E-state index contributed by atoms with van der Waals surface area (Å²) in [6.45, 7) is 0. The first-order valence-corrected chi connectivity index (χ1v) is 9.63. The third kappa shape index (κ3) is 3.24. The molecule has 4 heteroatoms. The highest BCUT2D eigenvalue weighted by atomic mass is 35.5. The van der Waals surface area contributed by atoms with Crippen molar-refractivity contribution in [2.24, 2.45) is 0 Å². The Morgan fingerprint density at radius 3 is 2.54 bits per heavy atom. The summed E-state index contributed by atoms with van der Waals surface area (Å²) in [5.41, 5.74) is 3.35. The number of aromatic nitrogens is 2. The summed E-state index contributed by atoms with van der Waals surface area (Å²) < 4.78 is 2.24. The van der Waals surface area contributed by atoms with E-state index in [2.05, 4.69) is 34.9 Å². The molecular formula is C20H19ClN2S. The van der Waals surface area contributed by atoms with Crippen molar-refractivity contribution < 1.29 is 0 Å². The minimum absolute atomic E-state index is 0.675. The summed E-state index contributed by atoms with van der Waals surface area (Å²) in [6.07, 6.45) is 7.22. The van der Waals surface area contributed by atoms with E-state index in [-0.39, 0.29) is 0 Å². The lowest BCUT2D eigenvalue weighted by molar-refractivity contribution is 0.861. The Balaban J connectivity index is 1.81. The second-order valence-electron chi connectivity index (χ2n) is 6.13. The highest BCUT2D eigenvalue weighted by molar-refractivity contribution is 7.99. The molecule has 0 spiro atoms. The third-order valence-electron chi connectivity index (χ3n) is 4.44. The molecule has 0 amide bonds. The van der Waals surface area contributed by atoms with Gasteiger partial charge in [0.1, 0.15) is 0 Å². The Labute approximate surface area is 151 Å². The van der Waals surface area contributed by atoms with E-state index in [0.717, 1.165) is 21.6 Å². The standard InChI is InChI=1S/C20H19ClN2S/c21-16-9-6-10-17(13-16)23-19(15-7-2-1-3-8-15)14-22-20(23)24-18-11-4-5-12-18/h1-3,6-10,13-14,18H,4-5,11-12H2. The number of rotatable bonds is 4. The lowest BCUT2D eigenvalue weighted by Gasteiger charge is -2.14. The highest BCUT2D eigenvalue weighted by Gasteiger charge is 2.21. The summed E-state index contributed by atoms with van der Waals surface area (Å²) in [7, 11) is 0. The summed E-state index contributed by atoms with van der Waals surface area (Å²) in [5, 5.41) is 2.48. The van der Waals surface area contributed by atoms with Crippen molar-refractivity contribution in [1.29, 1.82) is 0 Å². The first-order valence-electron chi connectivity index (χ1n) is 8.37. The van der Waals surface area contributed by atoms with Crippen LogP contribution in [-0.4, -0.2) is 14.8 Å². The summed E-state index contributed by atoms with van der Waals surface area (Å²) >= 11 is 8.14. The SMILES string of the molecule is Clc1cccc(-n2c(-c3ccccc3)cnc2SC2CCCC2)c1. The molecule has 0 aliphatic heterocycles. The molecule has 1 fully saturated rings. The number of halogens is 1. The zero-order valence-electron chi connectivity index (χ0n) is 13.4. The second kappa shape index (κ2) is 7.04. The van der Waals surface area contributed by atoms with Crippen LogP contribution in [-0.2, 0) is 0 Å². The zero-order chi connectivity index (χ0) is 16.4. The van der Waals surface area contributed by atoms with Gasteiger partial charge in [0.2, 0.25) is 0 Å². The number of benzene rings is 2. The molecule has 0 N–H and O–H groups in total. The van der Waals surface area contributed by atoms with Gasteiger partial charge in [-0.2, -0.15) is 0 Å². The van der Waals surface area contributed by atoms with Crippen molar-refractivity contribution in [3.63, 3.8) is 0 Å². The van der Waals surface area contributed by atoms with Crippen molar-refractivity contribution in [2.45, 2.75) is 36.1 Å². The monoisotopic (exact) mass is 354 g/mol. The van der Waals surface area contributed by atoms with E-state index >= 15 is 0 Å². The molecule has 1 heterocycles. The molecule has 1 saturated carbocycles. The Morgan fingerprint density at radius 2 is 1.79 bits per heavy atom. The van der Waals surface area contributed by atoms with Crippen molar-refractivity contribution in [1.82, 2.24) is 9.55 Å². The topological polar surface area (TPSA) is 17.8 Å². The van der Waals surface area contributed by atoms with Crippen LogP contribution < -0.4 is 0 Å². The van der Waals surface area contributed by atoms with Crippen LogP contribution in [0.3, 0.4) is 0 Å².